The first-order chi connectivity index (χ1) is 32.3. The zero-order valence-electron chi connectivity index (χ0n) is 46.6. The Morgan fingerprint density at radius 3 is 1.82 bits per heavy atom. The second-order valence-corrected chi connectivity index (χ2v) is 23.8. The third kappa shape index (κ3) is 8.83. The van der Waals surface area contributed by atoms with Crippen molar-refractivity contribution in [1.29, 1.82) is 0 Å². The van der Waals surface area contributed by atoms with Crippen molar-refractivity contribution in [3.63, 3.8) is 0 Å². The van der Waals surface area contributed by atoms with Crippen LogP contribution in [0.25, 0.3) is 66.0 Å². The molecule has 2 aliphatic rings. The first kappa shape index (κ1) is 41.5. The van der Waals surface area contributed by atoms with Crippen molar-refractivity contribution in [2.24, 2.45) is 5.41 Å². The molecule has 2 aliphatic carbocycles. The van der Waals surface area contributed by atoms with Crippen molar-refractivity contribution in [3.8, 4) is 22.5 Å². The number of aryl methyl sites for hydroxylation is 1. The van der Waals surface area contributed by atoms with Gasteiger partial charge in [-0.1, -0.05) is 144 Å². The van der Waals surface area contributed by atoms with Gasteiger partial charge in [0.2, 0.25) is 0 Å². The van der Waals surface area contributed by atoms with E-state index in [2.05, 4.69) is 160 Å². The summed E-state index contributed by atoms with van der Waals surface area (Å²) >= 11 is 0. The van der Waals surface area contributed by atoms with Crippen LogP contribution in [-0.2, 0) is 53.6 Å². The van der Waals surface area contributed by atoms with E-state index in [4.69, 9.17) is 16.3 Å². The van der Waals surface area contributed by atoms with Crippen LogP contribution in [0.3, 0.4) is 0 Å². The van der Waals surface area contributed by atoms with Gasteiger partial charge in [0.15, 0.2) is 0 Å². The molecule has 0 spiro atoms. The molecule has 66 heavy (non-hydrogen) atoms. The van der Waals surface area contributed by atoms with Crippen molar-refractivity contribution in [3.05, 3.63) is 142 Å². The van der Waals surface area contributed by atoms with Gasteiger partial charge in [0.25, 0.3) is 0 Å². The Bertz CT molecular complexity index is 3360. The van der Waals surface area contributed by atoms with E-state index in [1.54, 1.807) is 26.8 Å². The Kier molecular flexibility index (Phi) is 10.4. The van der Waals surface area contributed by atoms with Crippen LogP contribution >= 0.6 is 0 Å². The average Bonchev–Trinajstić information content (AvgIpc) is 3.65. The normalized spacial score (nSPS) is 18.7. The van der Waals surface area contributed by atoms with Gasteiger partial charge < -0.3 is 14.4 Å². The molecular weight excluding hydrogens is 981 g/mol. The predicted molar refractivity (Wildman–Crippen MR) is 276 cm³/mol. The third-order valence-electron chi connectivity index (χ3n) is 14.7. The summed E-state index contributed by atoms with van der Waals surface area (Å²) in [5, 5.41) is 6.58. The Balaban J connectivity index is 0.000000228. The molecule has 0 aliphatic heterocycles. The largest absolute Gasteiger partial charge is 0.501 e. The van der Waals surface area contributed by atoms with Gasteiger partial charge in [-0.15, -0.1) is 53.6 Å². The number of benzene rings is 5. The first-order valence-corrected chi connectivity index (χ1v) is 23.6. The van der Waals surface area contributed by atoms with E-state index in [1.165, 1.54) is 64.0 Å². The maximum absolute atomic E-state index is 8.96. The van der Waals surface area contributed by atoms with Gasteiger partial charge in [0, 0.05) is 44.7 Å². The molecule has 0 N–H and O–H groups in total. The van der Waals surface area contributed by atoms with Crippen LogP contribution in [0.4, 0.5) is 0 Å². The maximum Gasteiger partial charge on any atom is 0.121 e. The number of pyridine rings is 2. The molecule has 0 saturated carbocycles. The molecule has 0 atom stereocenters. The number of aromatic nitrogens is 2. The second-order valence-electron chi connectivity index (χ2n) is 23.8. The number of furan rings is 1. The van der Waals surface area contributed by atoms with Crippen molar-refractivity contribution in [1.82, 2.24) is 9.97 Å². The number of nitrogens with zero attached hydrogens (tertiary/aromatic N) is 2. The fourth-order valence-electron chi connectivity index (χ4n) is 10.3. The Morgan fingerprint density at radius 1 is 0.621 bits per heavy atom. The summed E-state index contributed by atoms with van der Waals surface area (Å²) in [6.45, 7) is 28.3. The van der Waals surface area contributed by atoms with Crippen LogP contribution in [0.2, 0.25) is 0 Å². The van der Waals surface area contributed by atoms with Crippen molar-refractivity contribution < 1.29 is 31.4 Å². The van der Waals surface area contributed by atoms with Crippen LogP contribution < -0.4 is 0 Å². The third-order valence-corrected chi connectivity index (χ3v) is 14.7. The van der Waals surface area contributed by atoms with E-state index in [0.29, 0.717) is 16.8 Å². The molecule has 345 valence electrons. The fourth-order valence-corrected chi connectivity index (χ4v) is 10.3. The van der Waals surface area contributed by atoms with Crippen LogP contribution in [0.15, 0.2) is 95.7 Å². The summed E-state index contributed by atoms with van der Waals surface area (Å²) in [5.41, 5.74) is 11.5. The molecule has 1 radical (unpaired) electrons. The predicted octanol–water partition coefficient (Wildman–Crippen LogP) is 17.2. The van der Waals surface area contributed by atoms with Crippen molar-refractivity contribution in [2.75, 3.05) is 0 Å². The molecule has 0 amide bonds. The Labute approximate surface area is 416 Å². The standard InChI is InChI=1S/C39H40NO.C23H30N.Ir/c1-23-22-40-34(18-26(23)21-37(2,3)4)28-11-9-10-27-31-16-24-12-13-25-17-32-33(39(7,8)15-14-38(32,5)6)19-29(25)30(24)20-35(31)41-36(27)28;1-21(2,3)17-10-8-16(9-11-17)20-14-18-19(15-24-20)23(6,7)13-12-22(18,4)5;/h9-10,12-13,16-20,22H,14-15,21H2,1-8H3;8,10-11,14-15H,12-13H2,1-7H3;/q2*-1;/i1D3,21D2;;. The van der Waals surface area contributed by atoms with E-state index in [-0.39, 0.29) is 58.3 Å². The van der Waals surface area contributed by atoms with Crippen LogP contribution in [-0.4, -0.2) is 9.97 Å². The summed E-state index contributed by atoms with van der Waals surface area (Å²) in [6, 6.07) is 34.4. The molecule has 3 heterocycles. The Hall–Kier alpha value is -4.63. The molecule has 0 saturated heterocycles. The smallest absolute Gasteiger partial charge is 0.121 e. The molecule has 0 unspecified atom stereocenters. The van der Waals surface area contributed by atoms with E-state index < -0.39 is 18.6 Å². The van der Waals surface area contributed by atoms with Crippen LogP contribution in [0.5, 0.6) is 0 Å². The quantitative estimate of drug-likeness (QED) is 0.131. The molecule has 0 bridgehead atoms. The minimum atomic E-state index is -2.51. The summed E-state index contributed by atoms with van der Waals surface area (Å²) in [7, 11) is 0. The van der Waals surface area contributed by atoms with Gasteiger partial charge in [-0.05, 0) is 150 Å². The van der Waals surface area contributed by atoms with Gasteiger partial charge in [0.05, 0.1) is 5.58 Å². The minimum absolute atomic E-state index is 0. The fraction of sp³-hybridized carbons (Fsp3) is 0.419. The van der Waals surface area contributed by atoms with E-state index >= 15 is 0 Å². The Morgan fingerprint density at radius 2 is 1.21 bits per heavy atom. The number of fused-ring (bicyclic) bond motifs is 8. The molecule has 8 aromatic rings. The summed E-state index contributed by atoms with van der Waals surface area (Å²) in [6.07, 6.45) is 6.23. The molecule has 4 heteroatoms. The first-order valence-electron chi connectivity index (χ1n) is 26.1. The average molecular weight is 1060 g/mol. The maximum atomic E-state index is 8.96. The number of hydrogen-bond donors (Lipinski definition) is 0. The van der Waals surface area contributed by atoms with Gasteiger partial charge in [-0.25, -0.2) is 0 Å². The van der Waals surface area contributed by atoms with E-state index in [0.717, 1.165) is 44.8 Å². The number of rotatable bonds is 3. The van der Waals surface area contributed by atoms with Crippen LogP contribution in [0.1, 0.15) is 168 Å². The van der Waals surface area contributed by atoms with Crippen molar-refractivity contribution >= 4 is 43.5 Å². The van der Waals surface area contributed by atoms with Crippen molar-refractivity contribution in [2.45, 2.75) is 163 Å². The minimum Gasteiger partial charge on any atom is -0.501 e. The zero-order chi connectivity index (χ0) is 50.9. The SMILES string of the molecule is CC(C)(C)c1c[c-]c(-c2cc3c(cn2)C(C)(C)CCC3(C)C)cc1.[2H]C([2H])([2H])c1cnc(-c2[c-]ccc3c2oc2cc4c(ccc5cc6c(cc54)C(C)(C)CCC6(C)C)cc23)cc1C([2H])([2H])C(C)(C)C.[Ir]. The molecule has 5 aromatic carbocycles. The van der Waals surface area contributed by atoms with Crippen LogP contribution in [0, 0.1) is 24.4 Å². The van der Waals surface area contributed by atoms with E-state index in [9.17, 15) is 0 Å². The van der Waals surface area contributed by atoms with Gasteiger partial charge >= 0.3 is 0 Å². The molecule has 10 rings (SSSR count). The topological polar surface area (TPSA) is 38.9 Å². The molecule has 3 nitrogen and oxygen atoms in total. The number of hydrogen-bond acceptors (Lipinski definition) is 3. The summed E-state index contributed by atoms with van der Waals surface area (Å²) in [4.78, 5) is 9.32. The monoisotopic (exact) mass is 1060 g/mol. The summed E-state index contributed by atoms with van der Waals surface area (Å²) in [5.74, 6) is 0. The van der Waals surface area contributed by atoms with E-state index in [1.807, 2.05) is 12.1 Å². The second kappa shape index (κ2) is 16.6. The summed E-state index contributed by atoms with van der Waals surface area (Å²) < 4.78 is 48.8. The molecule has 0 fully saturated rings. The zero-order valence-corrected chi connectivity index (χ0v) is 44.0. The van der Waals surface area contributed by atoms with Gasteiger partial charge in [0.1, 0.15) is 5.58 Å². The molecule has 3 aromatic heterocycles. The molecular formula is C62H70IrN2O-2. The van der Waals surface area contributed by atoms with Gasteiger partial charge in [-0.2, -0.15) is 0 Å². The van der Waals surface area contributed by atoms with Gasteiger partial charge in [-0.3, -0.25) is 0 Å².